The predicted molar refractivity (Wildman–Crippen MR) is 94.2 cm³/mol. The highest BCUT2D eigenvalue weighted by Crippen LogP contribution is 2.24. The molecule has 3 amide bonds. The van der Waals surface area contributed by atoms with E-state index in [4.69, 9.17) is 5.11 Å². The number of carboxylic acid groups (broad SMARTS) is 1. The number of benzene rings is 2. The van der Waals surface area contributed by atoms with Gasteiger partial charge in [-0.25, -0.2) is 14.0 Å². The van der Waals surface area contributed by atoms with Gasteiger partial charge >= 0.3 is 12.1 Å². The van der Waals surface area contributed by atoms with E-state index in [0.717, 1.165) is 5.56 Å². The van der Waals surface area contributed by atoms with Crippen molar-refractivity contribution >= 4 is 23.5 Å². The molecule has 0 aromatic heterocycles. The van der Waals surface area contributed by atoms with Crippen LogP contribution >= 0.6 is 0 Å². The van der Waals surface area contributed by atoms with Gasteiger partial charge in [-0.05, 0) is 41.8 Å². The zero-order chi connectivity index (χ0) is 18.4. The van der Waals surface area contributed by atoms with Crippen LogP contribution in [0.1, 0.15) is 25.5 Å². The lowest BCUT2D eigenvalue weighted by molar-refractivity contribution is 0.186. The van der Waals surface area contributed by atoms with Gasteiger partial charge in [0.05, 0.1) is 6.04 Å². The van der Waals surface area contributed by atoms with Gasteiger partial charge in [-0.2, -0.15) is 0 Å². The number of anilines is 2. The van der Waals surface area contributed by atoms with Gasteiger partial charge in [0.15, 0.2) is 0 Å². The van der Waals surface area contributed by atoms with Crippen LogP contribution in [0.5, 0.6) is 0 Å². The average Bonchev–Trinajstić information content (AvgIpc) is 2.52. The fourth-order valence-electron chi connectivity index (χ4n) is 2.44. The maximum absolute atomic E-state index is 13.1. The summed E-state index contributed by atoms with van der Waals surface area (Å²) in [5.41, 5.74) is 1.58. The lowest BCUT2D eigenvalue weighted by Crippen LogP contribution is -2.30. The second kappa shape index (κ2) is 8.14. The lowest BCUT2D eigenvalue weighted by atomic mass is 9.96. The number of rotatable bonds is 5. The minimum Gasteiger partial charge on any atom is -0.465 e. The molecule has 4 N–H and O–H groups in total. The zero-order valence-corrected chi connectivity index (χ0v) is 13.9. The molecule has 1 unspecified atom stereocenters. The molecule has 6 nitrogen and oxygen atoms in total. The molecular weight excluding hydrogens is 325 g/mol. The van der Waals surface area contributed by atoms with E-state index < -0.39 is 24.0 Å². The van der Waals surface area contributed by atoms with Crippen molar-refractivity contribution in [1.29, 1.82) is 0 Å². The van der Waals surface area contributed by atoms with Gasteiger partial charge in [-0.3, -0.25) is 0 Å². The molecule has 7 heteroatoms. The minimum absolute atomic E-state index is 0.0347. The summed E-state index contributed by atoms with van der Waals surface area (Å²) >= 11 is 0. The number of hydrogen-bond donors (Lipinski definition) is 4. The Bertz CT molecular complexity index is 765. The molecule has 0 radical (unpaired) electrons. The molecule has 0 spiro atoms. The first-order valence-electron chi connectivity index (χ1n) is 7.78. The second-order valence-electron chi connectivity index (χ2n) is 5.89. The number of carbonyl (C=O) groups excluding carboxylic acids is 1. The van der Waals surface area contributed by atoms with Crippen LogP contribution in [0.15, 0.2) is 48.5 Å². The van der Waals surface area contributed by atoms with Crippen LogP contribution in [0.2, 0.25) is 0 Å². The largest absolute Gasteiger partial charge is 0.465 e. The highest BCUT2D eigenvalue weighted by molar-refractivity contribution is 5.99. The predicted octanol–water partition coefficient (Wildman–Crippen LogP) is 4.43. The lowest BCUT2D eigenvalue weighted by Gasteiger charge is -2.22. The van der Waals surface area contributed by atoms with E-state index >= 15 is 0 Å². The molecule has 132 valence electrons. The summed E-state index contributed by atoms with van der Waals surface area (Å²) in [6.45, 7) is 3.80. The number of halogens is 1. The Morgan fingerprint density at radius 2 is 1.60 bits per heavy atom. The Kier molecular flexibility index (Phi) is 5.94. The number of hydrogen-bond acceptors (Lipinski definition) is 2. The van der Waals surface area contributed by atoms with E-state index in [9.17, 15) is 14.0 Å². The summed E-state index contributed by atoms with van der Waals surface area (Å²) in [6.07, 6.45) is -1.11. The van der Waals surface area contributed by atoms with Crippen molar-refractivity contribution in [3.05, 3.63) is 59.9 Å². The number of amides is 3. The van der Waals surface area contributed by atoms with Crippen molar-refractivity contribution < 1.29 is 19.1 Å². The molecule has 0 saturated heterocycles. The number of urea groups is 1. The van der Waals surface area contributed by atoms with E-state index in [1.807, 2.05) is 13.8 Å². The van der Waals surface area contributed by atoms with Gasteiger partial charge in [0, 0.05) is 11.4 Å². The third-order valence-electron chi connectivity index (χ3n) is 3.53. The van der Waals surface area contributed by atoms with Crippen LogP contribution in [-0.2, 0) is 0 Å². The topological polar surface area (TPSA) is 90.5 Å². The first-order chi connectivity index (χ1) is 11.8. The van der Waals surface area contributed by atoms with Gasteiger partial charge in [0.25, 0.3) is 0 Å². The molecule has 1 atom stereocenters. The molecule has 2 aromatic rings. The summed E-state index contributed by atoms with van der Waals surface area (Å²) in [4.78, 5) is 23.0. The Balaban J connectivity index is 2.09. The molecule has 0 aliphatic heterocycles. The molecule has 0 heterocycles. The highest BCUT2D eigenvalue weighted by atomic mass is 19.1. The normalized spacial score (nSPS) is 11.7. The van der Waals surface area contributed by atoms with E-state index in [0.29, 0.717) is 11.4 Å². The van der Waals surface area contributed by atoms with Crippen LogP contribution in [0.4, 0.5) is 25.4 Å². The average molecular weight is 345 g/mol. The third kappa shape index (κ3) is 5.49. The van der Waals surface area contributed by atoms with E-state index in [1.54, 1.807) is 30.3 Å². The van der Waals surface area contributed by atoms with Gasteiger partial charge in [0.1, 0.15) is 5.82 Å². The maximum atomic E-state index is 13.1. The van der Waals surface area contributed by atoms with Gasteiger partial charge in [-0.1, -0.05) is 32.0 Å². The van der Waals surface area contributed by atoms with Crippen LogP contribution in [0.25, 0.3) is 0 Å². The molecule has 0 aliphatic carbocycles. The fraction of sp³-hybridized carbons (Fsp3) is 0.222. The number of carbonyl (C=O) groups is 2. The molecule has 0 bridgehead atoms. The Hall–Kier alpha value is -3.09. The number of nitrogens with one attached hydrogen (secondary N) is 3. The summed E-state index contributed by atoms with van der Waals surface area (Å²) in [6, 6.07) is 11.6. The van der Waals surface area contributed by atoms with Gasteiger partial charge in [0.2, 0.25) is 0 Å². The first-order valence-corrected chi connectivity index (χ1v) is 7.78. The van der Waals surface area contributed by atoms with E-state index in [-0.39, 0.29) is 5.92 Å². The quantitative estimate of drug-likeness (QED) is 0.646. The fourth-order valence-corrected chi connectivity index (χ4v) is 2.44. The van der Waals surface area contributed by atoms with Crippen molar-refractivity contribution in [2.24, 2.45) is 5.92 Å². The standard InChI is InChI=1S/C18H20FN3O3/c1-11(2)16(22-18(24)25)12-5-3-7-14(9-12)20-17(23)21-15-8-4-6-13(19)10-15/h3-11,16,22H,1-2H3,(H,24,25)(H2,20,21,23). The SMILES string of the molecule is CC(C)C(NC(=O)O)c1cccc(NC(=O)Nc2cccc(F)c2)c1. The van der Waals surface area contributed by atoms with Crippen molar-refractivity contribution in [1.82, 2.24) is 5.32 Å². The molecule has 25 heavy (non-hydrogen) atoms. The molecule has 2 aromatic carbocycles. The molecular formula is C18H20FN3O3. The summed E-state index contributed by atoms with van der Waals surface area (Å²) in [5.74, 6) is -0.410. The molecule has 0 aliphatic rings. The Morgan fingerprint density at radius 1 is 1.00 bits per heavy atom. The van der Waals surface area contributed by atoms with E-state index in [2.05, 4.69) is 16.0 Å². The van der Waals surface area contributed by atoms with Crippen molar-refractivity contribution in [3.8, 4) is 0 Å². The maximum Gasteiger partial charge on any atom is 0.405 e. The molecule has 0 fully saturated rings. The first kappa shape index (κ1) is 18.3. The molecule has 2 rings (SSSR count). The van der Waals surface area contributed by atoms with Crippen LogP contribution in [0, 0.1) is 11.7 Å². The van der Waals surface area contributed by atoms with Crippen LogP contribution in [0.3, 0.4) is 0 Å². The Labute approximate surface area is 145 Å². The van der Waals surface area contributed by atoms with Crippen molar-refractivity contribution in [2.75, 3.05) is 10.6 Å². The van der Waals surface area contributed by atoms with Crippen molar-refractivity contribution in [2.45, 2.75) is 19.9 Å². The monoisotopic (exact) mass is 345 g/mol. The van der Waals surface area contributed by atoms with Crippen LogP contribution in [-0.4, -0.2) is 17.2 Å². The van der Waals surface area contributed by atoms with Crippen LogP contribution < -0.4 is 16.0 Å². The minimum atomic E-state index is -1.11. The van der Waals surface area contributed by atoms with E-state index in [1.165, 1.54) is 18.2 Å². The zero-order valence-electron chi connectivity index (χ0n) is 13.9. The summed E-state index contributed by atoms with van der Waals surface area (Å²) < 4.78 is 13.1. The second-order valence-corrected chi connectivity index (χ2v) is 5.89. The highest BCUT2D eigenvalue weighted by Gasteiger charge is 2.18. The van der Waals surface area contributed by atoms with Gasteiger partial charge < -0.3 is 21.1 Å². The van der Waals surface area contributed by atoms with Crippen molar-refractivity contribution in [3.63, 3.8) is 0 Å². The third-order valence-corrected chi connectivity index (χ3v) is 3.53. The summed E-state index contributed by atoms with van der Waals surface area (Å²) in [5, 5.41) is 16.6. The molecule has 0 saturated carbocycles. The Morgan fingerprint density at radius 3 is 2.16 bits per heavy atom. The van der Waals surface area contributed by atoms with Gasteiger partial charge in [-0.15, -0.1) is 0 Å². The summed E-state index contributed by atoms with van der Waals surface area (Å²) in [7, 11) is 0. The smallest absolute Gasteiger partial charge is 0.405 e.